The van der Waals surface area contributed by atoms with E-state index in [1.165, 1.54) is 0 Å². The fourth-order valence-electron chi connectivity index (χ4n) is 1.03. The van der Waals surface area contributed by atoms with Gasteiger partial charge >= 0.3 is 0 Å². The number of hydrogen-bond donors (Lipinski definition) is 2. The summed E-state index contributed by atoms with van der Waals surface area (Å²) in [5.41, 5.74) is 5.40. The van der Waals surface area contributed by atoms with Crippen LogP contribution in [0.25, 0.3) is 0 Å². The number of anilines is 1. The van der Waals surface area contributed by atoms with Crippen LogP contribution < -0.4 is 11.1 Å². The average Bonchev–Trinajstić information content (AvgIpc) is 2.58. The molecule has 84 valence electrons. The van der Waals surface area contributed by atoms with Crippen LogP contribution in [0, 0.1) is 0 Å². The molecule has 7 heteroatoms. The smallest absolute Gasteiger partial charge is 0.277 e. The Balaban J connectivity index is 2.28. The van der Waals surface area contributed by atoms with Gasteiger partial charge in [0, 0.05) is 6.54 Å². The number of rotatable bonds is 5. The van der Waals surface area contributed by atoms with E-state index in [1.807, 2.05) is 19.0 Å². The molecular formula is C8H15N5O2. The van der Waals surface area contributed by atoms with Gasteiger partial charge in [-0.05, 0) is 37.4 Å². The molecule has 0 fully saturated rings. The van der Waals surface area contributed by atoms with E-state index in [4.69, 9.17) is 5.73 Å². The Morgan fingerprint density at radius 2 is 2.27 bits per heavy atom. The van der Waals surface area contributed by atoms with Crippen molar-refractivity contribution in [2.24, 2.45) is 0 Å². The molecular weight excluding hydrogens is 198 g/mol. The molecule has 1 aromatic heterocycles. The van der Waals surface area contributed by atoms with Gasteiger partial charge in [0.15, 0.2) is 0 Å². The highest BCUT2D eigenvalue weighted by Gasteiger charge is 2.14. The van der Waals surface area contributed by atoms with Crippen molar-refractivity contribution in [1.29, 1.82) is 0 Å². The van der Waals surface area contributed by atoms with Crippen molar-refractivity contribution >= 4 is 11.7 Å². The standard InChI is InChI=1S/C8H15N5O2/c1-13(2)5-3-4-10-8(14)6-7(9)12-15-11-6/h3-5H2,1-2H3,(H2,9,12)(H,10,14). The molecule has 0 aliphatic carbocycles. The largest absolute Gasteiger partial charge is 0.379 e. The summed E-state index contributed by atoms with van der Waals surface area (Å²) in [6, 6.07) is 0. The lowest BCUT2D eigenvalue weighted by atomic mass is 10.3. The van der Waals surface area contributed by atoms with Crippen molar-refractivity contribution in [3.8, 4) is 0 Å². The summed E-state index contributed by atoms with van der Waals surface area (Å²) in [4.78, 5) is 13.4. The molecule has 0 aromatic carbocycles. The zero-order valence-corrected chi connectivity index (χ0v) is 8.86. The lowest BCUT2D eigenvalue weighted by Crippen LogP contribution is -2.27. The maximum absolute atomic E-state index is 11.4. The second kappa shape index (κ2) is 5.30. The summed E-state index contributed by atoms with van der Waals surface area (Å²) in [7, 11) is 3.95. The van der Waals surface area contributed by atoms with E-state index < -0.39 is 0 Å². The Bertz CT molecular complexity index is 323. The minimum absolute atomic E-state index is 0.0140. The Kier molecular flexibility index (Phi) is 4.04. The van der Waals surface area contributed by atoms with Crippen LogP contribution in [0.2, 0.25) is 0 Å². The van der Waals surface area contributed by atoms with Crippen molar-refractivity contribution < 1.29 is 9.42 Å². The maximum Gasteiger partial charge on any atom is 0.277 e. The number of nitrogens with zero attached hydrogens (tertiary/aromatic N) is 3. The van der Waals surface area contributed by atoms with Crippen LogP contribution in [0.5, 0.6) is 0 Å². The molecule has 1 heterocycles. The molecule has 1 amide bonds. The molecule has 3 N–H and O–H groups in total. The van der Waals surface area contributed by atoms with Gasteiger partial charge in [0.2, 0.25) is 11.5 Å². The zero-order valence-electron chi connectivity index (χ0n) is 8.86. The summed E-state index contributed by atoms with van der Waals surface area (Å²) in [5, 5.41) is 9.39. The second-order valence-corrected chi connectivity index (χ2v) is 3.41. The molecule has 0 saturated carbocycles. The summed E-state index contributed by atoms with van der Waals surface area (Å²) in [5.74, 6) is -0.340. The first-order chi connectivity index (χ1) is 7.11. The molecule has 0 bridgehead atoms. The van der Waals surface area contributed by atoms with E-state index in [9.17, 15) is 4.79 Å². The fourth-order valence-corrected chi connectivity index (χ4v) is 1.03. The summed E-state index contributed by atoms with van der Waals surface area (Å²) < 4.78 is 4.32. The van der Waals surface area contributed by atoms with Crippen molar-refractivity contribution in [1.82, 2.24) is 20.5 Å². The Morgan fingerprint density at radius 3 is 2.80 bits per heavy atom. The molecule has 0 saturated heterocycles. The molecule has 0 atom stereocenters. The summed E-state index contributed by atoms with van der Waals surface area (Å²) in [6.07, 6.45) is 0.865. The van der Waals surface area contributed by atoms with Crippen molar-refractivity contribution in [2.75, 3.05) is 32.9 Å². The highest BCUT2D eigenvalue weighted by Crippen LogP contribution is 2.02. The number of carbonyl (C=O) groups excluding carboxylic acids is 1. The Morgan fingerprint density at radius 1 is 1.53 bits per heavy atom. The van der Waals surface area contributed by atoms with Crippen LogP contribution in [0.4, 0.5) is 5.82 Å². The third-order valence-electron chi connectivity index (χ3n) is 1.80. The van der Waals surface area contributed by atoms with Crippen molar-refractivity contribution in [3.63, 3.8) is 0 Å². The SMILES string of the molecule is CN(C)CCCNC(=O)c1nonc1N. The minimum Gasteiger partial charge on any atom is -0.379 e. The molecule has 1 rings (SSSR count). The normalized spacial score (nSPS) is 10.6. The third-order valence-corrected chi connectivity index (χ3v) is 1.80. The van der Waals surface area contributed by atoms with E-state index in [-0.39, 0.29) is 17.4 Å². The Labute approximate surface area is 87.6 Å². The molecule has 15 heavy (non-hydrogen) atoms. The average molecular weight is 213 g/mol. The van der Waals surface area contributed by atoms with Gasteiger partial charge in [-0.15, -0.1) is 0 Å². The monoisotopic (exact) mass is 213 g/mol. The van der Waals surface area contributed by atoms with Gasteiger partial charge in [-0.2, -0.15) is 0 Å². The molecule has 0 radical (unpaired) electrons. The number of nitrogen functional groups attached to an aromatic ring is 1. The van der Waals surface area contributed by atoms with Crippen LogP contribution in [0.1, 0.15) is 16.9 Å². The van der Waals surface area contributed by atoms with Gasteiger partial charge in [-0.1, -0.05) is 0 Å². The van der Waals surface area contributed by atoms with E-state index >= 15 is 0 Å². The zero-order chi connectivity index (χ0) is 11.3. The third kappa shape index (κ3) is 3.55. The molecule has 1 aromatic rings. The van der Waals surface area contributed by atoms with Crippen LogP contribution in [0.3, 0.4) is 0 Å². The Hall–Kier alpha value is -1.63. The number of aromatic nitrogens is 2. The van der Waals surface area contributed by atoms with Gasteiger partial charge in [-0.3, -0.25) is 4.79 Å². The number of amides is 1. The number of nitrogens with one attached hydrogen (secondary N) is 1. The quantitative estimate of drug-likeness (QED) is 0.630. The summed E-state index contributed by atoms with van der Waals surface area (Å²) in [6.45, 7) is 1.48. The van der Waals surface area contributed by atoms with E-state index in [0.717, 1.165) is 13.0 Å². The van der Waals surface area contributed by atoms with Gasteiger partial charge in [0.25, 0.3) is 5.91 Å². The predicted octanol–water partition coefficient (Wildman–Crippen LogP) is -0.667. The first-order valence-corrected chi connectivity index (χ1v) is 4.62. The van der Waals surface area contributed by atoms with Gasteiger partial charge < -0.3 is 16.0 Å². The van der Waals surface area contributed by atoms with Gasteiger partial charge in [0.1, 0.15) is 0 Å². The van der Waals surface area contributed by atoms with Crippen molar-refractivity contribution in [2.45, 2.75) is 6.42 Å². The number of nitrogens with two attached hydrogens (primary N) is 1. The van der Waals surface area contributed by atoms with E-state index in [1.54, 1.807) is 0 Å². The first-order valence-electron chi connectivity index (χ1n) is 4.62. The number of hydrogen-bond acceptors (Lipinski definition) is 6. The van der Waals surface area contributed by atoms with E-state index in [0.29, 0.717) is 6.54 Å². The summed E-state index contributed by atoms with van der Waals surface area (Å²) >= 11 is 0. The predicted molar refractivity (Wildman–Crippen MR) is 54.2 cm³/mol. The molecule has 7 nitrogen and oxygen atoms in total. The minimum atomic E-state index is -0.354. The highest BCUT2D eigenvalue weighted by molar-refractivity contribution is 5.95. The fraction of sp³-hybridized carbons (Fsp3) is 0.625. The van der Waals surface area contributed by atoms with Gasteiger partial charge in [0.05, 0.1) is 0 Å². The lowest BCUT2D eigenvalue weighted by Gasteiger charge is -2.08. The lowest BCUT2D eigenvalue weighted by molar-refractivity contribution is 0.0943. The molecule has 0 aliphatic heterocycles. The topological polar surface area (TPSA) is 97.3 Å². The highest BCUT2D eigenvalue weighted by atomic mass is 16.6. The number of carbonyl (C=O) groups is 1. The van der Waals surface area contributed by atoms with Crippen molar-refractivity contribution in [3.05, 3.63) is 5.69 Å². The molecule has 0 spiro atoms. The van der Waals surface area contributed by atoms with Crippen LogP contribution in [0.15, 0.2) is 4.63 Å². The maximum atomic E-state index is 11.4. The first kappa shape index (κ1) is 11.4. The van der Waals surface area contributed by atoms with Gasteiger partial charge in [-0.25, -0.2) is 4.63 Å². The van der Waals surface area contributed by atoms with Crippen LogP contribution in [-0.4, -0.2) is 48.3 Å². The molecule has 0 unspecified atom stereocenters. The molecule has 0 aliphatic rings. The second-order valence-electron chi connectivity index (χ2n) is 3.41. The van der Waals surface area contributed by atoms with Crippen LogP contribution >= 0.6 is 0 Å². The van der Waals surface area contributed by atoms with Crippen LogP contribution in [-0.2, 0) is 0 Å². The van der Waals surface area contributed by atoms with E-state index in [2.05, 4.69) is 20.3 Å².